The summed E-state index contributed by atoms with van der Waals surface area (Å²) in [6, 6.07) is 11.2. The first-order valence-electron chi connectivity index (χ1n) is 8.81. The van der Waals surface area contributed by atoms with Crippen LogP contribution < -0.4 is 5.32 Å². The molecule has 0 radical (unpaired) electrons. The third-order valence-electron chi connectivity index (χ3n) is 3.53. The molecule has 0 atom stereocenters. The van der Waals surface area contributed by atoms with Gasteiger partial charge in [-0.2, -0.15) is 4.98 Å². The number of nitrogens with one attached hydrogen (secondary N) is 1. The molecule has 3 aromatic rings. The van der Waals surface area contributed by atoms with Gasteiger partial charge in [-0.15, -0.1) is 0 Å². The van der Waals surface area contributed by atoms with E-state index in [0.717, 1.165) is 16.9 Å². The maximum absolute atomic E-state index is 12.5. The van der Waals surface area contributed by atoms with Gasteiger partial charge in [-0.3, -0.25) is 5.32 Å². The summed E-state index contributed by atoms with van der Waals surface area (Å²) in [5.41, 5.74) is 1.55. The van der Waals surface area contributed by atoms with E-state index in [-0.39, 0.29) is 6.61 Å². The summed E-state index contributed by atoms with van der Waals surface area (Å²) in [5.74, 6) is -0.459. The van der Waals surface area contributed by atoms with Crippen LogP contribution in [0.5, 0.6) is 0 Å². The molecule has 1 aromatic carbocycles. The Balaban J connectivity index is 2.03. The third kappa shape index (κ3) is 4.64. The molecule has 7 nitrogen and oxygen atoms in total. The van der Waals surface area contributed by atoms with E-state index >= 15 is 0 Å². The van der Waals surface area contributed by atoms with Gasteiger partial charge in [0.15, 0.2) is 10.8 Å². The molecule has 0 spiro atoms. The first-order valence-corrected chi connectivity index (χ1v) is 9.62. The van der Waals surface area contributed by atoms with Crippen molar-refractivity contribution in [2.75, 3.05) is 11.9 Å². The molecule has 0 aliphatic rings. The number of benzene rings is 1. The Kier molecular flexibility index (Phi) is 5.60. The Labute approximate surface area is 166 Å². The van der Waals surface area contributed by atoms with Gasteiger partial charge in [0.1, 0.15) is 5.60 Å². The van der Waals surface area contributed by atoms with Crippen molar-refractivity contribution >= 4 is 38.9 Å². The second-order valence-corrected chi connectivity index (χ2v) is 7.94. The average molecular weight is 399 g/mol. The molecular formula is C20H21N3O4S. The molecule has 1 amide bonds. The number of nitrogens with zero attached hydrogens (tertiary/aromatic N) is 2. The number of esters is 1. The summed E-state index contributed by atoms with van der Waals surface area (Å²) in [7, 11) is 0. The monoisotopic (exact) mass is 399 g/mol. The van der Waals surface area contributed by atoms with E-state index < -0.39 is 17.7 Å². The Morgan fingerprint density at radius 3 is 2.50 bits per heavy atom. The molecule has 2 heterocycles. The predicted molar refractivity (Wildman–Crippen MR) is 109 cm³/mol. The number of pyridine rings is 1. The molecule has 8 heteroatoms. The van der Waals surface area contributed by atoms with Gasteiger partial charge in [0, 0.05) is 5.56 Å². The van der Waals surface area contributed by atoms with Crippen molar-refractivity contribution in [1.82, 2.24) is 9.97 Å². The number of hydrogen-bond acceptors (Lipinski definition) is 7. The van der Waals surface area contributed by atoms with Crippen LogP contribution in [-0.4, -0.2) is 34.2 Å². The van der Waals surface area contributed by atoms with E-state index in [0.29, 0.717) is 26.7 Å². The highest BCUT2D eigenvalue weighted by Gasteiger charge is 2.21. The van der Waals surface area contributed by atoms with Gasteiger partial charge in [-0.25, -0.2) is 14.6 Å². The molecule has 146 valence electrons. The Hall–Kier alpha value is -3.00. The summed E-state index contributed by atoms with van der Waals surface area (Å²) in [6.07, 6.45) is -0.618. The van der Waals surface area contributed by atoms with E-state index in [1.165, 1.54) is 0 Å². The number of carbonyl (C=O) groups is 2. The van der Waals surface area contributed by atoms with Crippen LogP contribution in [0.25, 0.3) is 21.6 Å². The van der Waals surface area contributed by atoms with Crippen LogP contribution >= 0.6 is 11.3 Å². The van der Waals surface area contributed by atoms with Gasteiger partial charge in [0.05, 0.1) is 22.6 Å². The van der Waals surface area contributed by atoms with Gasteiger partial charge in [-0.1, -0.05) is 41.7 Å². The van der Waals surface area contributed by atoms with Crippen molar-refractivity contribution in [3.8, 4) is 11.3 Å². The van der Waals surface area contributed by atoms with Crippen molar-refractivity contribution in [2.24, 2.45) is 0 Å². The van der Waals surface area contributed by atoms with Gasteiger partial charge >= 0.3 is 12.1 Å². The highest BCUT2D eigenvalue weighted by atomic mass is 32.1. The first-order chi connectivity index (χ1) is 13.3. The zero-order valence-corrected chi connectivity index (χ0v) is 16.9. The Bertz CT molecular complexity index is 1010. The van der Waals surface area contributed by atoms with E-state index in [1.807, 2.05) is 30.3 Å². The van der Waals surface area contributed by atoms with Crippen LogP contribution in [0.3, 0.4) is 0 Å². The van der Waals surface area contributed by atoms with E-state index in [9.17, 15) is 9.59 Å². The lowest BCUT2D eigenvalue weighted by molar-refractivity contribution is 0.0528. The molecule has 0 saturated carbocycles. The minimum Gasteiger partial charge on any atom is -0.462 e. The molecule has 0 unspecified atom stereocenters. The highest BCUT2D eigenvalue weighted by Crippen LogP contribution is 2.32. The smallest absolute Gasteiger partial charge is 0.413 e. The fourth-order valence-corrected chi connectivity index (χ4v) is 3.37. The minimum atomic E-state index is -0.629. The van der Waals surface area contributed by atoms with Crippen LogP contribution in [0.4, 0.5) is 9.93 Å². The van der Waals surface area contributed by atoms with Crippen molar-refractivity contribution < 1.29 is 19.1 Å². The van der Waals surface area contributed by atoms with E-state index in [1.54, 1.807) is 33.8 Å². The van der Waals surface area contributed by atoms with Gasteiger partial charge in [0.25, 0.3) is 0 Å². The Morgan fingerprint density at radius 2 is 1.86 bits per heavy atom. The third-order valence-corrected chi connectivity index (χ3v) is 4.53. The van der Waals surface area contributed by atoms with Gasteiger partial charge in [-0.05, 0) is 33.8 Å². The molecule has 28 heavy (non-hydrogen) atoms. The second-order valence-electron chi connectivity index (χ2n) is 6.94. The van der Waals surface area contributed by atoms with Crippen LogP contribution in [-0.2, 0) is 9.47 Å². The molecule has 0 aliphatic carbocycles. The second kappa shape index (κ2) is 7.93. The minimum absolute atomic E-state index is 0.255. The number of anilines is 1. The molecule has 0 saturated heterocycles. The molecule has 3 rings (SSSR count). The average Bonchev–Trinajstić information content (AvgIpc) is 3.02. The van der Waals surface area contributed by atoms with Crippen LogP contribution in [0.2, 0.25) is 0 Å². The van der Waals surface area contributed by atoms with Crippen molar-refractivity contribution in [3.05, 3.63) is 42.0 Å². The number of fused-ring (bicyclic) bond motifs is 1. The number of thiazole rings is 1. The van der Waals surface area contributed by atoms with Crippen LogP contribution in [0.1, 0.15) is 38.1 Å². The normalized spacial score (nSPS) is 11.3. The number of carbonyl (C=O) groups excluding carboxylic acids is 2. The van der Waals surface area contributed by atoms with Crippen LogP contribution in [0, 0.1) is 0 Å². The topological polar surface area (TPSA) is 90.4 Å². The molecule has 0 aliphatic heterocycles. The fraction of sp³-hybridized carbons (Fsp3) is 0.300. The Morgan fingerprint density at radius 1 is 1.14 bits per heavy atom. The number of rotatable bonds is 4. The van der Waals surface area contributed by atoms with Gasteiger partial charge in [0.2, 0.25) is 0 Å². The summed E-state index contributed by atoms with van der Waals surface area (Å²) < 4.78 is 11.0. The van der Waals surface area contributed by atoms with E-state index in [4.69, 9.17) is 9.47 Å². The maximum atomic E-state index is 12.5. The number of hydrogen-bond donors (Lipinski definition) is 1. The van der Waals surface area contributed by atoms with Crippen molar-refractivity contribution in [2.45, 2.75) is 33.3 Å². The molecule has 2 aromatic heterocycles. The number of amides is 1. The number of aromatic nitrogens is 2. The first kappa shape index (κ1) is 19.8. The lowest BCUT2D eigenvalue weighted by Crippen LogP contribution is -2.27. The van der Waals surface area contributed by atoms with Crippen molar-refractivity contribution in [3.63, 3.8) is 0 Å². The lowest BCUT2D eigenvalue weighted by atomic mass is 10.1. The van der Waals surface area contributed by atoms with Crippen LogP contribution in [0.15, 0.2) is 36.4 Å². The highest BCUT2D eigenvalue weighted by molar-refractivity contribution is 7.22. The quantitative estimate of drug-likeness (QED) is 0.629. The standard InChI is InChI=1S/C20H21N3O4S/c1-5-26-17(24)13-11-14(12-9-7-6-8-10-12)21-16-15(13)28-18(22-16)23-19(25)27-20(2,3)4/h6-11H,5H2,1-4H3,(H,21,22,23,25). The SMILES string of the molecule is CCOC(=O)c1cc(-c2ccccc2)nc2nc(NC(=O)OC(C)(C)C)sc12. The van der Waals surface area contributed by atoms with Crippen molar-refractivity contribution in [1.29, 1.82) is 0 Å². The zero-order chi connectivity index (χ0) is 20.3. The zero-order valence-electron chi connectivity index (χ0n) is 16.1. The van der Waals surface area contributed by atoms with E-state index in [2.05, 4.69) is 15.3 Å². The predicted octanol–water partition coefficient (Wildman–Crippen LogP) is 4.88. The summed E-state index contributed by atoms with van der Waals surface area (Å²) in [4.78, 5) is 33.4. The summed E-state index contributed by atoms with van der Waals surface area (Å²) >= 11 is 1.15. The molecule has 0 fully saturated rings. The summed E-state index contributed by atoms with van der Waals surface area (Å²) in [6.45, 7) is 7.33. The number of ether oxygens (including phenoxy) is 2. The molecule has 0 bridgehead atoms. The molecule has 1 N–H and O–H groups in total. The summed E-state index contributed by atoms with van der Waals surface area (Å²) in [5, 5.41) is 2.90. The molecular weight excluding hydrogens is 378 g/mol. The lowest BCUT2D eigenvalue weighted by Gasteiger charge is -2.18. The fourth-order valence-electron chi connectivity index (χ4n) is 2.47. The maximum Gasteiger partial charge on any atom is 0.413 e. The van der Waals surface area contributed by atoms with Gasteiger partial charge < -0.3 is 9.47 Å². The largest absolute Gasteiger partial charge is 0.462 e.